The molecule has 1 saturated heterocycles. The van der Waals surface area contributed by atoms with Crippen molar-refractivity contribution in [3.8, 4) is 0 Å². The summed E-state index contributed by atoms with van der Waals surface area (Å²) in [6, 6.07) is 0.343. The average molecular weight is 351 g/mol. The van der Waals surface area contributed by atoms with Crippen LogP contribution in [0.1, 0.15) is 56.8 Å². The number of nitrogens with one attached hydrogen (secondary N) is 1. The van der Waals surface area contributed by atoms with Gasteiger partial charge in [-0.3, -0.25) is 14.5 Å². The second-order valence-electron chi connectivity index (χ2n) is 6.57. The topological polar surface area (TPSA) is 75.2 Å². The van der Waals surface area contributed by atoms with E-state index in [1.54, 1.807) is 0 Å². The largest absolute Gasteiger partial charge is 0.367 e. The molecule has 24 heavy (non-hydrogen) atoms. The minimum atomic E-state index is -0.0116. The highest BCUT2D eigenvalue weighted by Crippen LogP contribution is 2.30. The number of hydrogen-bond donors (Lipinski definition) is 1. The Morgan fingerprint density at radius 2 is 1.75 bits per heavy atom. The summed E-state index contributed by atoms with van der Waals surface area (Å²) in [4.78, 5) is 34.0. The summed E-state index contributed by atoms with van der Waals surface area (Å²) in [7, 11) is 0. The Labute approximate surface area is 147 Å². The third kappa shape index (κ3) is 3.38. The molecule has 0 spiro atoms. The highest BCUT2D eigenvalue weighted by Gasteiger charge is 2.36. The summed E-state index contributed by atoms with van der Waals surface area (Å²) in [6.45, 7) is 3.91. The highest BCUT2D eigenvalue weighted by molar-refractivity contribution is 6.30. The molecular formula is C17H23ClN4O2. The molecule has 3 rings (SSSR count). The number of carbonyl (C=O) groups is 2. The first kappa shape index (κ1) is 17.1. The van der Waals surface area contributed by atoms with Gasteiger partial charge in [-0.1, -0.05) is 18.5 Å². The van der Waals surface area contributed by atoms with Crippen molar-refractivity contribution in [3.05, 3.63) is 16.5 Å². The third-order valence-corrected chi connectivity index (χ3v) is 5.31. The zero-order valence-electron chi connectivity index (χ0n) is 14.1. The van der Waals surface area contributed by atoms with Crippen molar-refractivity contribution in [3.63, 3.8) is 0 Å². The van der Waals surface area contributed by atoms with Crippen LogP contribution in [-0.4, -0.2) is 38.8 Å². The van der Waals surface area contributed by atoms with E-state index < -0.39 is 0 Å². The van der Waals surface area contributed by atoms with Gasteiger partial charge in [0.15, 0.2) is 0 Å². The number of amides is 2. The zero-order chi connectivity index (χ0) is 17.3. The lowest BCUT2D eigenvalue weighted by molar-refractivity contribution is -0.141. The van der Waals surface area contributed by atoms with Crippen LogP contribution in [0.2, 0.25) is 5.15 Å². The summed E-state index contributed by atoms with van der Waals surface area (Å²) in [5.41, 5.74) is 0.862. The van der Waals surface area contributed by atoms with Crippen molar-refractivity contribution in [2.24, 2.45) is 0 Å². The summed E-state index contributed by atoms with van der Waals surface area (Å²) in [5.74, 6) is 1.50. The number of anilines is 1. The standard InChI is InChI=1S/C17H23ClN4O2/c1-3-13-20-16(18)10(2)17(21-13)19-11-4-6-12(7-5-11)22-14(23)8-9-15(22)24/h11-12H,3-9H2,1-2H3,(H,19,20,21). The molecule has 0 bridgehead atoms. The van der Waals surface area contributed by atoms with Crippen LogP contribution in [0.4, 0.5) is 5.82 Å². The van der Waals surface area contributed by atoms with Crippen molar-refractivity contribution >= 4 is 29.2 Å². The van der Waals surface area contributed by atoms with E-state index in [1.807, 2.05) is 13.8 Å². The van der Waals surface area contributed by atoms with Gasteiger partial charge in [0.1, 0.15) is 16.8 Å². The van der Waals surface area contributed by atoms with Crippen LogP contribution >= 0.6 is 11.6 Å². The molecule has 0 aromatic carbocycles. The van der Waals surface area contributed by atoms with E-state index in [-0.39, 0.29) is 23.9 Å². The normalized spacial score (nSPS) is 24.5. The van der Waals surface area contributed by atoms with Gasteiger partial charge < -0.3 is 5.32 Å². The van der Waals surface area contributed by atoms with Crippen LogP contribution < -0.4 is 5.32 Å². The Morgan fingerprint density at radius 3 is 2.33 bits per heavy atom. The van der Waals surface area contributed by atoms with E-state index in [9.17, 15) is 9.59 Å². The molecule has 0 radical (unpaired) electrons. The molecule has 2 fully saturated rings. The van der Waals surface area contributed by atoms with E-state index in [0.29, 0.717) is 18.0 Å². The van der Waals surface area contributed by atoms with Crippen LogP contribution in [0.25, 0.3) is 0 Å². The summed E-state index contributed by atoms with van der Waals surface area (Å²) >= 11 is 6.18. The molecule has 0 atom stereocenters. The van der Waals surface area contributed by atoms with Crippen molar-refractivity contribution in [2.45, 2.75) is 70.9 Å². The quantitative estimate of drug-likeness (QED) is 0.667. The number of hydrogen-bond acceptors (Lipinski definition) is 5. The van der Waals surface area contributed by atoms with E-state index in [0.717, 1.165) is 49.3 Å². The molecule has 2 aliphatic rings. The fourth-order valence-corrected chi connectivity index (χ4v) is 3.69. The van der Waals surface area contributed by atoms with E-state index in [2.05, 4.69) is 15.3 Å². The molecule has 2 amide bonds. The van der Waals surface area contributed by atoms with Crippen LogP contribution in [-0.2, 0) is 16.0 Å². The molecule has 130 valence electrons. The lowest BCUT2D eigenvalue weighted by Gasteiger charge is -2.34. The minimum absolute atomic E-state index is 0.0116. The second-order valence-corrected chi connectivity index (χ2v) is 6.92. The Hall–Kier alpha value is -1.69. The highest BCUT2D eigenvalue weighted by atomic mass is 35.5. The Kier molecular flexibility index (Phi) is 5.04. The number of likely N-dealkylation sites (tertiary alicyclic amines) is 1. The molecule has 6 nitrogen and oxygen atoms in total. The van der Waals surface area contributed by atoms with Crippen molar-refractivity contribution in [1.82, 2.24) is 14.9 Å². The van der Waals surface area contributed by atoms with Crippen molar-refractivity contribution in [2.75, 3.05) is 5.32 Å². The predicted molar refractivity (Wildman–Crippen MR) is 91.9 cm³/mol. The molecular weight excluding hydrogens is 328 g/mol. The fraction of sp³-hybridized carbons (Fsp3) is 0.647. The first-order chi connectivity index (χ1) is 11.5. The second kappa shape index (κ2) is 7.05. The maximum Gasteiger partial charge on any atom is 0.229 e. The van der Waals surface area contributed by atoms with Crippen molar-refractivity contribution in [1.29, 1.82) is 0 Å². The Bertz CT molecular complexity index is 640. The number of rotatable bonds is 4. The van der Waals surface area contributed by atoms with Crippen LogP contribution in [0, 0.1) is 6.92 Å². The van der Waals surface area contributed by atoms with Gasteiger partial charge >= 0.3 is 0 Å². The number of imide groups is 1. The summed E-state index contributed by atoms with van der Waals surface area (Å²) in [5, 5.41) is 3.97. The molecule has 1 aromatic rings. The van der Waals surface area contributed by atoms with Gasteiger partial charge in [-0.25, -0.2) is 9.97 Å². The van der Waals surface area contributed by atoms with Gasteiger partial charge in [0, 0.05) is 36.9 Å². The van der Waals surface area contributed by atoms with E-state index in [1.165, 1.54) is 4.90 Å². The van der Waals surface area contributed by atoms with Gasteiger partial charge in [-0.2, -0.15) is 0 Å². The molecule has 0 unspecified atom stereocenters. The Balaban J connectivity index is 1.63. The molecule has 1 aromatic heterocycles. The number of carbonyl (C=O) groups excluding carboxylic acids is 2. The smallest absolute Gasteiger partial charge is 0.229 e. The molecule has 1 aliphatic carbocycles. The summed E-state index contributed by atoms with van der Waals surface area (Å²) in [6.07, 6.45) is 4.97. The van der Waals surface area contributed by atoms with Gasteiger partial charge in [0.05, 0.1) is 0 Å². The van der Waals surface area contributed by atoms with E-state index >= 15 is 0 Å². The molecule has 1 aliphatic heterocycles. The van der Waals surface area contributed by atoms with Crippen LogP contribution in [0.3, 0.4) is 0 Å². The molecule has 1 saturated carbocycles. The summed E-state index contributed by atoms with van der Waals surface area (Å²) < 4.78 is 0. The van der Waals surface area contributed by atoms with Crippen LogP contribution in [0.5, 0.6) is 0 Å². The third-order valence-electron chi connectivity index (χ3n) is 4.94. The Morgan fingerprint density at radius 1 is 1.12 bits per heavy atom. The number of halogens is 1. The number of aromatic nitrogens is 2. The lowest BCUT2D eigenvalue weighted by atomic mass is 9.90. The monoisotopic (exact) mass is 350 g/mol. The van der Waals surface area contributed by atoms with Crippen molar-refractivity contribution < 1.29 is 9.59 Å². The van der Waals surface area contributed by atoms with E-state index in [4.69, 9.17) is 11.6 Å². The first-order valence-electron chi connectivity index (χ1n) is 8.64. The maximum absolute atomic E-state index is 11.9. The molecule has 1 N–H and O–H groups in total. The van der Waals surface area contributed by atoms with Gasteiger partial charge in [0.25, 0.3) is 0 Å². The SMILES string of the molecule is CCc1nc(Cl)c(C)c(NC2CCC(N3C(=O)CCC3=O)CC2)n1. The zero-order valence-corrected chi connectivity index (χ0v) is 14.9. The predicted octanol–water partition coefficient (Wildman–Crippen LogP) is 2.87. The maximum atomic E-state index is 11.9. The molecule has 7 heteroatoms. The van der Waals surface area contributed by atoms with Gasteiger partial charge in [-0.15, -0.1) is 0 Å². The number of nitrogens with zero attached hydrogens (tertiary/aromatic N) is 3. The van der Waals surface area contributed by atoms with Gasteiger partial charge in [0.2, 0.25) is 11.8 Å². The van der Waals surface area contributed by atoms with Crippen LogP contribution in [0.15, 0.2) is 0 Å². The first-order valence-corrected chi connectivity index (χ1v) is 9.01. The molecule has 2 heterocycles. The van der Waals surface area contributed by atoms with Gasteiger partial charge in [-0.05, 0) is 32.6 Å². The minimum Gasteiger partial charge on any atom is -0.367 e. The number of aryl methyl sites for hydroxylation is 1. The lowest BCUT2D eigenvalue weighted by Crippen LogP contribution is -2.43. The average Bonchev–Trinajstić information content (AvgIpc) is 2.91. The fourth-order valence-electron chi connectivity index (χ4n) is 3.50.